The summed E-state index contributed by atoms with van der Waals surface area (Å²) in [6, 6.07) is 20.4. The van der Waals surface area contributed by atoms with Gasteiger partial charge >= 0.3 is 0 Å². The van der Waals surface area contributed by atoms with Crippen LogP contribution in [0.4, 0.5) is 5.69 Å². The van der Waals surface area contributed by atoms with Crippen molar-refractivity contribution in [2.75, 3.05) is 6.54 Å². The zero-order valence-corrected chi connectivity index (χ0v) is 18.1. The summed E-state index contributed by atoms with van der Waals surface area (Å²) in [7, 11) is 0. The fourth-order valence-electron chi connectivity index (χ4n) is 3.92. The fraction of sp³-hybridized carbons (Fsp3) is 0.120. The molecule has 1 atom stereocenters. The molecule has 1 fully saturated rings. The van der Waals surface area contributed by atoms with Gasteiger partial charge in [0, 0.05) is 29.3 Å². The van der Waals surface area contributed by atoms with Gasteiger partial charge in [0.25, 0.3) is 17.4 Å². The molecule has 0 aliphatic carbocycles. The number of ketones is 1. The zero-order valence-electron chi connectivity index (χ0n) is 17.3. The lowest BCUT2D eigenvalue weighted by molar-refractivity contribution is -0.384. The van der Waals surface area contributed by atoms with Crippen LogP contribution in [0.3, 0.4) is 0 Å². The van der Waals surface area contributed by atoms with Crippen molar-refractivity contribution >= 4 is 34.7 Å². The molecule has 0 radical (unpaired) electrons. The number of aliphatic hydroxyl groups excluding tert-OH is 1. The summed E-state index contributed by atoms with van der Waals surface area (Å²) in [5.74, 6) is -1.96. The fourth-order valence-corrected chi connectivity index (χ4v) is 4.05. The third-order valence-corrected chi connectivity index (χ3v) is 5.79. The Balaban J connectivity index is 1.82. The van der Waals surface area contributed by atoms with E-state index in [0.717, 1.165) is 5.56 Å². The molecule has 1 saturated heterocycles. The molecule has 1 unspecified atom stereocenters. The molecule has 1 N–H and O–H groups in total. The number of amides is 1. The molecule has 0 saturated carbocycles. The molecule has 33 heavy (non-hydrogen) atoms. The molecule has 1 amide bonds. The van der Waals surface area contributed by atoms with Crippen molar-refractivity contribution in [1.82, 2.24) is 4.90 Å². The van der Waals surface area contributed by atoms with Gasteiger partial charge in [0.2, 0.25) is 0 Å². The van der Waals surface area contributed by atoms with Crippen LogP contribution in [0.2, 0.25) is 5.02 Å². The minimum atomic E-state index is -0.968. The average molecular weight is 463 g/mol. The molecule has 4 rings (SSSR count). The first-order valence-electron chi connectivity index (χ1n) is 10.2. The number of rotatable bonds is 6. The molecule has 1 heterocycles. The number of nitro benzene ring substituents is 1. The van der Waals surface area contributed by atoms with Crippen LogP contribution in [0.25, 0.3) is 5.76 Å². The van der Waals surface area contributed by atoms with Crippen LogP contribution >= 0.6 is 11.6 Å². The second-order valence-corrected chi connectivity index (χ2v) is 8.02. The van der Waals surface area contributed by atoms with Gasteiger partial charge < -0.3 is 10.0 Å². The summed E-state index contributed by atoms with van der Waals surface area (Å²) >= 11 is 5.93. The highest BCUT2D eigenvalue weighted by molar-refractivity contribution is 6.46. The molecule has 1 aliphatic rings. The van der Waals surface area contributed by atoms with E-state index in [4.69, 9.17) is 11.6 Å². The van der Waals surface area contributed by atoms with Gasteiger partial charge in [-0.2, -0.15) is 0 Å². The van der Waals surface area contributed by atoms with Crippen molar-refractivity contribution in [2.45, 2.75) is 12.5 Å². The summed E-state index contributed by atoms with van der Waals surface area (Å²) in [4.78, 5) is 38.2. The van der Waals surface area contributed by atoms with Gasteiger partial charge in [0.05, 0.1) is 16.5 Å². The van der Waals surface area contributed by atoms with E-state index in [1.807, 2.05) is 30.3 Å². The van der Waals surface area contributed by atoms with E-state index in [-0.39, 0.29) is 23.6 Å². The number of hydrogen-bond acceptors (Lipinski definition) is 5. The Labute approximate surface area is 194 Å². The van der Waals surface area contributed by atoms with E-state index in [1.54, 1.807) is 30.3 Å². The number of Topliss-reactive ketones (excluding diaryl/α,β-unsaturated/α-hetero) is 1. The minimum absolute atomic E-state index is 0.115. The number of aliphatic hydroxyl groups is 1. The smallest absolute Gasteiger partial charge is 0.295 e. The maximum absolute atomic E-state index is 13.0. The van der Waals surface area contributed by atoms with Gasteiger partial charge in [-0.3, -0.25) is 19.7 Å². The SMILES string of the molecule is O=C1C(=O)N(CCc2ccccc2)C(c2cccc([N+](=O)[O-])c2)/C1=C(\O)c1ccc(Cl)cc1. The number of nitro groups is 1. The lowest BCUT2D eigenvalue weighted by Crippen LogP contribution is -2.31. The van der Waals surface area contributed by atoms with Crippen LogP contribution in [-0.4, -0.2) is 33.2 Å². The van der Waals surface area contributed by atoms with Crippen LogP contribution in [0.5, 0.6) is 0 Å². The van der Waals surface area contributed by atoms with E-state index in [2.05, 4.69) is 0 Å². The summed E-state index contributed by atoms with van der Waals surface area (Å²) < 4.78 is 0. The third-order valence-electron chi connectivity index (χ3n) is 5.54. The van der Waals surface area contributed by atoms with Crippen molar-refractivity contribution in [2.24, 2.45) is 0 Å². The first kappa shape index (κ1) is 22.2. The minimum Gasteiger partial charge on any atom is -0.507 e. The first-order chi connectivity index (χ1) is 15.9. The molecule has 3 aromatic carbocycles. The molecular formula is C25H19ClN2O5. The highest BCUT2D eigenvalue weighted by Crippen LogP contribution is 2.40. The quantitative estimate of drug-likeness (QED) is 0.184. The average Bonchev–Trinajstić information content (AvgIpc) is 3.08. The molecule has 166 valence electrons. The largest absolute Gasteiger partial charge is 0.507 e. The predicted octanol–water partition coefficient (Wildman–Crippen LogP) is 4.91. The van der Waals surface area contributed by atoms with Crippen molar-refractivity contribution in [3.05, 3.63) is 116 Å². The summed E-state index contributed by atoms with van der Waals surface area (Å²) in [5.41, 5.74) is 1.36. The Morgan fingerprint density at radius 3 is 2.36 bits per heavy atom. The van der Waals surface area contributed by atoms with E-state index in [9.17, 15) is 24.8 Å². The number of carbonyl (C=O) groups is 2. The highest BCUT2D eigenvalue weighted by atomic mass is 35.5. The Morgan fingerprint density at radius 1 is 1.00 bits per heavy atom. The Morgan fingerprint density at radius 2 is 1.70 bits per heavy atom. The van der Waals surface area contributed by atoms with Gasteiger partial charge in [0.15, 0.2) is 0 Å². The van der Waals surface area contributed by atoms with Crippen LogP contribution in [0.15, 0.2) is 84.4 Å². The molecule has 0 spiro atoms. The lowest BCUT2D eigenvalue weighted by Gasteiger charge is -2.25. The van der Waals surface area contributed by atoms with E-state index in [0.29, 0.717) is 22.6 Å². The van der Waals surface area contributed by atoms with E-state index < -0.39 is 22.7 Å². The van der Waals surface area contributed by atoms with Gasteiger partial charge in [-0.1, -0.05) is 54.1 Å². The Hall–Kier alpha value is -3.97. The number of likely N-dealkylation sites (tertiary alicyclic amines) is 1. The molecular weight excluding hydrogens is 444 g/mol. The second-order valence-electron chi connectivity index (χ2n) is 7.59. The summed E-state index contributed by atoms with van der Waals surface area (Å²) in [6.45, 7) is 0.194. The molecule has 0 bridgehead atoms. The number of hydrogen-bond donors (Lipinski definition) is 1. The van der Waals surface area contributed by atoms with Crippen molar-refractivity contribution < 1.29 is 19.6 Å². The normalized spacial score (nSPS) is 17.4. The second kappa shape index (κ2) is 9.26. The summed E-state index contributed by atoms with van der Waals surface area (Å²) in [6.07, 6.45) is 0.472. The topological polar surface area (TPSA) is 101 Å². The predicted molar refractivity (Wildman–Crippen MR) is 124 cm³/mol. The first-order valence-corrected chi connectivity index (χ1v) is 10.6. The number of halogens is 1. The number of non-ortho nitro benzene ring substituents is 1. The van der Waals surface area contributed by atoms with Gasteiger partial charge in [0.1, 0.15) is 5.76 Å². The summed E-state index contributed by atoms with van der Waals surface area (Å²) in [5, 5.41) is 22.8. The van der Waals surface area contributed by atoms with Crippen LogP contribution in [0, 0.1) is 10.1 Å². The third kappa shape index (κ3) is 4.49. The number of benzene rings is 3. The number of carbonyl (C=O) groups excluding carboxylic acids is 2. The number of nitrogens with zero attached hydrogens (tertiary/aromatic N) is 2. The Kier molecular flexibility index (Phi) is 6.24. The molecule has 1 aliphatic heterocycles. The standard InChI is InChI=1S/C25H19ClN2O5/c26-19-11-9-17(10-12-19)23(29)21-22(18-7-4-8-20(15-18)28(32)33)27(25(31)24(21)30)14-13-16-5-2-1-3-6-16/h1-12,15,22,29H,13-14H2/b23-21+. The van der Waals surface area contributed by atoms with Crippen molar-refractivity contribution in [3.8, 4) is 0 Å². The molecule has 3 aromatic rings. The van der Waals surface area contributed by atoms with E-state index >= 15 is 0 Å². The zero-order chi connectivity index (χ0) is 23.5. The van der Waals surface area contributed by atoms with Crippen LogP contribution in [-0.2, 0) is 16.0 Å². The monoisotopic (exact) mass is 462 g/mol. The van der Waals surface area contributed by atoms with E-state index in [1.165, 1.54) is 23.1 Å². The molecule has 7 nitrogen and oxygen atoms in total. The van der Waals surface area contributed by atoms with Gasteiger partial charge in [-0.05, 0) is 41.8 Å². The van der Waals surface area contributed by atoms with Crippen LogP contribution < -0.4 is 0 Å². The van der Waals surface area contributed by atoms with Gasteiger partial charge in [-0.25, -0.2) is 0 Å². The highest BCUT2D eigenvalue weighted by Gasteiger charge is 2.46. The van der Waals surface area contributed by atoms with Crippen molar-refractivity contribution in [1.29, 1.82) is 0 Å². The lowest BCUT2D eigenvalue weighted by atomic mass is 9.95. The van der Waals surface area contributed by atoms with Crippen molar-refractivity contribution in [3.63, 3.8) is 0 Å². The maximum atomic E-state index is 13.0. The van der Waals surface area contributed by atoms with Crippen LogP contribution in [0.1, 0.15) is 22.7 Å². The maximum Gasteiger partial charge on any atom is 0.295 e. The molecule has 8 heteroatoms. The van der Waals surface area contributed by atoms with Gasteiger partial charge in [-0.15, -0.1) is 0 Å². The molecule has 0 aromatic heterocycles. The Bertz CT molecular complexity index is 1260.